The molecule has 2 rings (SSSR count). The van der Waals surface area contributed by atoms with Crippen molar-refractivity contribution >= 4 is 17.6 Å². The predicted octanol–water partition coefficient (Wildman–Crippen LogP) is 4.17. The smallest absolute Gasteiger partial charge is 0.133 e. The third-order valence-corrected chi connectivity index (χ3v) is 3.63. The maximum atomic E-state index is 4.60. The van der Waals surface area contributed by atoms with Crippen LogP contribution in [0, 0.1) is 5.41 Å². The highest BCUT2D eigenvalue weighted by molar-refractivity contribution is 5.67. The van der Waals surface area contributed by atoms with Crippen LogP contribution in [0.25, 0.3) is 6.08 Å². The molecule has 2 heterocycles. The van der Waals surface area contributed by atoms with Crippen LogP contribution in [0.4, 0.5) is 11.5 Å². The normalized spacial score (nSPS) is 16.1. The Morgan fingerprint density at radius 3 is 2.60 bits per heavy atom. The van der Waals surface area contributed by atoms with Crippen molar-refractivity contribution in [3.05, 3.63) is 24.4 Å². The van der Waals surface area contributed by atoms with Crippen LogP contribution in [-0.2, 0) is 0 Å². The van der Waals surface area contributed by atoms with Crippen LogP contribution in [0.5, 0.6) is 0 Å². The zero-order valence-corrected chi connectivity index (χ0v) is 13.1. The van der Waals surface area contributed by atoms with Crippen LogP contribution >= 0.6 is 0 Å². The lowest BCUT2D eigenvalue weighted by Gasteiger charge is -2.29. The van der Waals surface area contributed by atoms with E-state index in [1.54, 1.807) is 0 Å². The Morgan fingerprint density at radius 1 is 1.30 bits per heavy atom. The third kappa shape index (κ3) is 3.99. The summed E-state index contributed by atoms with van der Waals surface area (Å²) in [4.78, 5) is 7.03. The van der Waals surface area contributed by atoms with Gasteiger partial charge in [-0.1, -0.05) is 33.4 Å². The van der Waals surface area contributed by atoms with E-state index in [2.05, 4.69) is 48.6 Å². The molecule has 20 heavy (non-hydrogen) atoms. The largest absolute Gasteiger partial charge is 0.370 e. The molecule has 1 aromatic heterocycles. The molecule has 1 aliphatic rings. The van der Waals surface area contributed by atoms with Gasteiger partial charge in [-0.15, -0.1) is 0 Å². The van der Waals surface area contributed by atoms with Gasteiger partial charge in [0, 0.05) is 25.2 Å². The molecule has 1 aliphatic heterocycles. The van der Waals surface area contributed by atoms with Crippen LogP contribution < -0.4 is 10.2 Å². The molecular formula is C17H27N3. The Hall–Kier alpha value is -1.51. The van der Waals surface area contributed by atoms with E-state index < -0.39 is 0 Å². The van der Waals surface area contributed by atoms with Gasteiger partial charge < -0.3 is 10.2 Å². The van der Waals surface area contributed by atoms with Crippen molar-refractivity contribution in [2.45, 2.75) is 40.0 Å². The zero-order valence-electron chi connectivity index (χ0n) is 13.1. The maximum absolute atomic E-state index is 4.60. The Bertz CT molecular complexity index is 454. The second kappa shape index (κ2) is 6.29. The first kappa shape index (κ1) is 14.9. The van der Waals surface area contributed by atoms with Crippen molar-refractivity contribution in [1.82, 2.24) is 4.98 Å². The molecule has 1 fully saturated rings. The number of piperidine rings is 1. The molecule has 0 bridgehead atoms. The molecule has 1 aromatic rings. The third-order valence-electron chi connectivity index (χ3n) is 3.63. The Kier molecular flexibility index (Phi) is 4.69. The molecule has 0 aliphatic carbocycles. The molecule has 0 atom stereocenters. The highest BCUT2D eigenvalue weighted by atomic mass is 15.1. The predicted molar refractivity (Wildman–Crippen MR) is 88.3 cm³/mol. The van der Waals surface area contributed by atoms with Gasteiger partial charge in [0.15, 0.2) is 0 Å². The van der Waals surface area contributed by atoms with Crippen LogP contribution in [0.3, 0.4) is 0 Å². The van der Waals surface area contributed by atoms with E-state index in [1.165, 1.54) is 24.9 Å². The summed E-state index contributed by atoms with van der Waals surface area (Å²) in [6.07, 6.45) is 7.80. The van der Waals surface area contributed by atoms with Crippen molar-refractivity contribution < 1.29 is 0 Å². The highest BCUT2D eigenvalue weighted by Gasteiger charge is 2.14. The van der Waals surface area contributed by atoms with Crippen molar-refractivity contribution in [2.24, 2.45) is 5.41 Å². The number of aromatic nitrogens is 1. The number of nitrogens with zero attached hydrogens (tertiary/aromatic N) is 2. The summed E-state index contributed by atoms with van der Waals surface area (Å²) >= 11 is 0. The molecule has 1 saturated heterocycles. The first-order valence-corrected chi connectivity index (χ1v) is 7.61. The fourth-order valence-electron chi connectivity index (χ4n) is 2.45. The number of pyridine rings is 1. The molecule has 3 nitrogen and oxygen atoms in total. The Morgan fingerprint density at radius 2 is 2.00 bits per heavy atom. The van der Waals surface area contributed by atoms with Crippen LogP contribution in [0.1, 0.15) is 45.6 Å². The van der Waals surface area contributed by atoms with Gasteiger partial charge in [-0.05, 0) is 30.7 Å². The Balaban J connectivity index is 2.12. The molecule has 0 unspecified atom stereocenters. The summed E-state index contributed by atoms with van der Waals surface area (Å²) < 4.78 is 0. The van der Waals surface area contributed by atoms with Gasteiger partial charge >= 0.3 is 0 Å². The van der Waals surface area contributed by atoms with Crippen molar-refractivity contribution in [3.63, 3.8) is 0 Å². The average molecular weight is 273 g/mol. The summed E-state index contributed by atoms with van der Waals surface area (Å²) in [5.74, 6) is 0.940. The second-order valence-electron chi connectivity index (χ2n) is 6.80. The number of anilines is 2. The topological polar surface area (TPSA) is 28.2 Å². The van der Waals surface area contributed by atoms with Crippen LogP contribution in [0.2, 0.25) is 0 Å². The van der Waals surface area contributed by atoms with E-state index >= 15 is 0 Å². The SMILES string of the molecule is C=Cc1cc(N2CCCCC2)cnc1NCC(C)(C)C. The number of rotatable bonds is 4. The number of nitrogens with one attached hydrogen (secondary N) is 1. The lowest BCUT2D eigenvalue weighted by atomic mass is 9.97. The lowest BCUT2D eigenvalue weighted by Crippen LogP contribution is -2.29. The first-order valence-electron chi connectivity index (χ1n) is 7.61. The van der Waals surface area contributed by atoms with E-state index in [0.29, 0.717) is 0 Å². The summed E-state index contributed by atoms with van der Waals surface area (Å²) in [6.45, 7) is 13.8. The highest BCUT2D eigenvalue weighted by Crippen LogP contribution is 2.25. The van der Waals surface area contributed by atoms with Crippen molar-refractivity contribution in [1.29, 1.82) is 0 Å². The van der Waals surface area contributed by atoms with Gasteiger partial charge in [-0.25, -0.2) is 4.98 Å². The van der Waals surface area contributed by atoms with Gasteiger partial charge in [0.1, 0.15) is 5.82 Å². The van der Waals surface area contributed by atoms with Crippen LogP contribution in [0.15, 0.2) is 18.8 Å². The minimum Gasteiger partial charge on any atom is -0.370 e. The molecule has 0 amide bonds. The molecule has 1 N–H and O–H groups in total. The van der Waals surface area contributed by atoms with Crippen molar-refractivity contribution in [3.8, 4) is 0 Å². The minimum atomic E-state index is 0.242. The Labute approximate surface area is 123 Å². The number of hydrogen-bond acceptors (Lipinski definition) is 3. The summed E-state index contributed by atoms with van der Waals surface area (Å²) in [6, 6.07) is 2.20. The van der Waals surface area contributed by atoms with E-state index in [4.69, 9.17) is 0 Å². The minimum absolute atomic E-state index is 0.242. The summed E-state index contributed by atoms with van der Waals surface area (Å²) in [5.41, 5.74) is 2.56. The molecule has 0 radical (unpaired) electrons. The standard InChI is InChI=1S/C17H27N3/c1-5-14-11-15(20-9-7-6-8-10-20)12-18-16(14)19-13-17(2,3)4/h5,11-12H,1,6-10,13H2,2-4H3,(H,18,19). The van der Waals surface area contributed by atoms with E-state index in [-0.39, 0.29) is 5.41 Å². The van der Waals surface area contributed by atoms with Gasteiger partial charge in [-0.2, -0.15) is 0 Å². The molecule has 0 saturated carbocycles. The maximum Gasteiger partial charge on any atom is 0.133 e. The molecular weight excluding hydrogens is 246 g/mol. The molecule has 0 aromatic carbocycles. The van der Waals surface area contributed by atoms with Gasteiger partial charge in [0.25, 0.3) is 0 Å². The zero-order chi connectivity index (χ0) is 14.6. The average Bonchev–Trinajstić information content (AvgIpc) is 2.45. The quantitative estimate of drug-likeness (QED) is 0.892. The first-order chi connectivity index (χ1) is 9.49. The fraction of sp³-hybridized carbons (Fsp3) is 0.588. The second-order valence-corrected chi connectivity index (χ2v) is 6.80. The molecule has 3 heteroatoms. The van der Waals surface area contributed by atoms with Gasteiger partial charge in [-0.3, -0.25) is 0 Å². The molecule has 110 valence electrons. The summed E-state index contributed by atoms with van der Waals surface area (Å²) in [7, 11) is 0. The monoisotopic (exact) mass is 273 g/mol. The molecule has 0 spiro atoms. The fourth-order valence-corrected chi connectivity index (χ4v) is 2.45. The van der Waals surface area contributed by atoms with E-state index in [1.807, 2.05) is 12.3 Å². The van der Waals surface area contributed by atoms with E-state index in [0.717, 1.165) is 31.0 Å². The van der Waals surface area contributed by atoms with E-state index in [9.17, 15) is 0 Å². The van der Waals surface area contributed by atoms with Crippen molar-refractivity contribution in [2.75, 3.05) is 29.9 Å². The van der Waals surface area contributed by atoms with Gasteiger partial charge in [0.2, 0.25) is 0 Å². The lowest BCUT2D eigenvalue weighted by molar-refractivity contribution is 0.442. The summed E-state index contributed by atoms with van der Waals surface area (Å²) in [5, 5.41) is 3.43. The van der Waals surface area contributed by atoms with Crippen LogP contribution in [-0.4, -0.2) is 24.6 Å². The van der Waals surface area contributed by atoms with Gasteiger partial charge in [0.05, 0.1) is 11.9 Å². The number of hydrogen-bond donors (Lipinski definition) is 1.